The molecule has 1 aromatic rings. The summed E-state index contributed by atoms with van der Waals surface area (Å²) in [6.07, 6.45) is 2.08. The van der Waals surface area contributed by atoms with E-state index in [-0.39, 0.29) is 31.7 Å². The van der Waals surface area contributed by atoms with Crippen LogP contribution in [0.4, 0.5) is 23.4 Å². The van der Waals surface area contributed by atoms with E-state index >= 15 is 0 Å². The maximum absolute atomic E-state index is 13.2. The molecule has 3 aliphatic carbocycles. The lowest BCUT2D eigenvalue weighted by Gasteiger charge is -2.44. The summed E-state index contributed by atoms with van der Waals surface area (Å²) in [4.78, 5) is 10.8. The van der Waals surface area contributed by atoms with E-state index < -0.39 is 23.4 Å². The van der Waals surface area contributed by atoms with Crippen molar-refractivity contribution in [2.45, 2.75) is 88.2 Å². The Morgan fingerprint density at radius 2 is 1.78 bits per heavy atom. The van der Waals surface area contributed by atoms with Gasteiger partial charge >= 0.3 is 0 Å². The van der Waals surface area contributed by atoms with Gasteiger partial charge in [-0.15, -0.1) is 0 Å². The zero-order valence-electron chi connectivity index (χ0n) is 15.4. The van der Waals surface area contributed by atoms with Gasteiger partial charge in [0.15, 0.2) is 0 Å². The van der Waals surface area contributed by atoms with E-state index in [1.165, 1.54) is 0 Å². The van der Waals surface area contributed by atoms with Crippen LogP contribution in [0.1, 0.15) is 69.2 Å². The largest absolute Gasteiger partial charge is 0.393 e. The molecular formula is C18H25F4N3O2. The van der Waals surface area contributed by atoms with Crippen molar-refractivity contribution in [2.75, 3.05) is 5.32 Å². The Morgan fingerprint density at radius 1 is 1.19 bits per heavy atom. The molecule has 3 saturated carbocycles. The average molecular weight is 391 g/mol. The van der Waals surface area contributed by atoms with Gasteiger partial charge in [-0.3, -0.25) is 4.79 Å². The van der Waals surface area contributed by atoms with Crippen molar-refractivity contribution >= 4 is 12.2 Å². The van der Waals surface area contributed by atoms with Crippen LogP contribution in [0.3, 0.4) is 0 Å². The first kappa shape index (κ1) is 20.1. The van der Waals surface area contributed by atoms with Crippen LogP contribution in [0, 0.1) is 6.92 Å². The van der Waals surface area contributed by atoms with Crippen molar-refractivity contribution in [3.05, 3.63) is 11.3 Å². The van der Waals surface area contributed by atoms with E-state index in [4.69, 9.17) is 5.11 Å². The lowest BCUT2D eigenvalue weighted by atomic mass is 9.65. The molecule has 4 rings (SSSR count). The Morgan fingerprint density at radius 3 is 2.11 bits per heavy atom. The highest BCUT2D eigenvalue weighted by atomic mass is 19.3. The van der Waals surface area contributed by atoms with Crippen LogP contribution in [0.5, 0.6) is 0 Å². The molecule has 3 aliphatic rings. The number of carbonyl (C=O) groups is 1. The number of carbonyl (C=O) groups excluding carboxylic acids is 1. The van der Waals surface area contributed by atoms with Crippen molar-refractivity contribution in [1.82, 2.24) is 9.78 Å². The summed E-state index contributed by atoms with van der Waals surface area (Å²) in [6.45, 7) is 3.68. The minimum absolute atomic E-state index is 0.164. The number of halogens is 4. The lowest BCUT2D eigenvalue weighted by Crippen LogP contribution is -2.47. The summed E-state index contributed by atoms with van der Waals surface area (Å²) in [5, 5.41) is 15.6. The summed E-state index contributed by atoms with van der Waals surface area (Å²) in [7, 11) is 0. The van der Waals surface area contributed by atoms with Crippen LogP contribution in [0.2, 0.25) is 0 Å². The van der Waals surface area contributed by atoms with Gasteiger partial charge in [0, 0.05) is 36.7 Å². The van der Waals surface area contributed by atoms with Crippen molar-refractivity contribution in [2.24, 2.45) is 0 Å². The van der Waals surface area contributed by atoms with Crippen molar-refractivity contribution in [3.63, 3.8) is 0 Å². The predicted octanol–water partition coefficient (Wildman–Crippen LogP) is 3.95. The van der Waals surface area contributed by atoms with Gasteiger partial charge in [0.25, 0.3) is 5.92 Å². The Kier molecular flexibility index (Phi) is 5.03. The number of rotatable bonds is 4. The van der Waals surface area contributed by atoms with Gasteiger partial charge < -0.3 is 10.4 Å². The first-order valence-corrected chi connectivity index (χ1v) is 9.20. The fraction of sp³-hybridized carbons (Fsp3) is 0.778. The van der Waals surface area contributed by atoms with Gasteiger partial charge in [-0.2, -0.15) is 5.10 Å². The number of aliphatic hydroxyl groups is 1. The third-order valence-corrected chi connectivity index (χ3v) is 5.70. The molecule has 2 N–H and O–H groups in total. The number of nitrogens with one attached hydrogen (secondary N) is 1. The third-order valence-electron chi connectivity index (χ3n) is 5.70. The van der Waals surface area contributed by atoms with Crippen molar-refractivity contribution in [3.8, 4) is 0 Å². The Labute approximate surface area is 155 Å². The van der Waals surface area contributed by atoms with Crippen LogP contribution in [-0.4, -0.2) is 39.2 Å². The zero-order valence-corrected chi connectivity index (χ0v) is 15.4. The standard InChI is InChI=1S/C14H19F2N3O.C4H6F2O/c1-9-11(13(2)6-14(15,16)7-13)18-19(10-4-3-5-10)12(9)17-8-20;5-4(6)1-3(7)2-4/h8,10H,3-7H2,1-2H3,(H,17,20);3,7H,1-2H2. The Balaban J connectivity index is 0.000000253. The number of nitrogens with zero attached hydrogens (tertiary/aromatic N) is 2. The van der Waals surface area contributed by atoms with E-state index in [1.807, 2.05) is 18.5 Å². The van der Waals surface area contributed by atoms with E-state index in [1.54, 1.807) is 0 Å². The normalized spacial score (nSPS) is 25.3. The van der Waals surface area contributed by atoms with Gasteiger partial charge in [0.05, 0.1) is 17.8 Å². The van der Waals surface area contributed by atoms with Crippen LogP contribution >= 0.6 is 0 Å². The number of anilines is 1. The van der Waals surface area contributed by atoms with Crippen molar-refractivity contribution < 1.29 is 27.5 Å². The molecule has 5 nitrogen and oxygen atoms in total. The fourth-order valence-electron chi connectivity index (χ4n) is 4.10. The summed E-state index contributed by atoms with van der Waals surface area (Å²) >= 11 is 0. The smallest absolute Gasteiger partial charge is 0.253 e. The molecule has 1 aromatic heterocycles. The molecule has 9 heteroatoms. The zero-order chi connectivity index (χ0) is 20.0. The van der Waals surface area contributed by atoms with E-state index in [9.17, 15) is 22.4 Å². The lowest BCUT2D eigenvalue weighted by molar-refractivity contribution is -0.143. The molecular weight excluding hydrogens is 366 g/mol. The SMILES string of the molecule is Cc1c(C2(C)CC(F)(F)C2)nn(C2CCC2)c1NC=O.OC1CC(F)(F)C1. The molecule has 0 atom stereocenters. The van der Waals surface area contributed by atoms with Gasteiger partial charge in [-0.05, 0) is 26.2 Å². The second-order valence-corrected chi connectivity index (χ2v) is 8.30. The minimum Gasteiger partial charge on any atom is -0.393 e. The van der Waals surface area contributed by atoms with E-state index in [0.29, 0.717) is 17.9 Å². The number of aromatic nitrogens is 2. The van der Waals surface area contributed by atoms with E-state index in [0.717, 1.165) is 24.8 Å². The molecule has 0 radical (unpaired) electrons. The number of amides is 1. The van der Waals surface area contributed by atoms with Crippen LogP contribution in [0.25, 0.3) is 0 Å². The first-order valence-electron chi connectivity index (χ1n) is 9.20. The molecule has 0 unspecified atom stereocenters. The average Bonchev–Trinajstić information content (AvgIpc) is 2.72. The maximum Gasteiger partial charge on any atom is 0.253 e. The van der Waals surface area contributed by atoms with Crippen LogP contribution < -0.4 is 5.32 Å². The summed E-state index contributed by atoms with van der Waals surface area (Å²) in [5.74, 6) is -4.48. The number of hydrogen-bond donors (Lipinski definition) is 2. The molecule has 0 saturated heterocycles. The van der Waals surface area contributed by atoms with Gasteiger partial charge in [0.1, 0.15) is 5.82 Å². The number of alkyl halides is 4. The highest BCUT2D eigenvalue weighted by Crippen LogP contribution is 2.54. The molecule has 3 fully saturated rings. The monoisotopic (exact) mass is 391 g/mol. The van der Waals surface area contributed by atoms with Crippen LogP contribution in [-0.2, 0) is 10.2 Å². The second-order valence-electron chi connectivity index (χ2n) is 8.30. The van der Waals surface area contributed by atoms with E-state index in [2.05, 4.69) is 10.4 Å². The molecule has 1 heterocycles. The molecule has 1 amide bonds. The van der Waals surface area contributed by atoms with Crippen LogP contribution in [0.15, 0.2) is 0 Å². The highest BCUT2D eigenvalue weighted by molar-refractivity contribution is 5.72. The van der Waals surface area contributed by atoms with Gasteiger partial charge in [-0.1, -0.05) is 6.92 Å². The quantitative estimate of drug-likeness (QED) is 0.603. The van der Waals surface area contributed by atoms with Crippen molar-refractivity contribution in [1.29, 1.82) is 0 Å². The molecule has 27 heavy (non-hydrogen) atoms. The number of aliphatic hydroxyl groups excluding tert-OH is 1. The Bertz CT molecular complexity index is 700. The molecule has 0 spiro atoms. The topological polar surface area (TPSA) is 67.2 Å². The molecule has 152 valence electrons. The maximum atomic E-state index is 13.2. The summed E-state index contributed by atoms with van der Waals surface area (Å²) < 4.78 is 51.6. The molecule has 0 bridgehead atoms. The fourth-order valence-corrected chi connectivity index (χ4v) is 4.10. The summed E-state index contributed by atoms with van der Waals surface area (Å²) in [5.41, 5.74) is 0.948. The number of hydrogen-bond acceptors (Lipinski definition) is 3. The Hall–Kier alpha value is -1.64. The second kappa shape index (κ2) is 6.76. The molecule has 0 aromatic carbocycles. The summed E-state index contributed by atoms with van der Waals surface area (Å²) in [6, 6.07) is 0.286. The molecule has 0 aliphatic heterocycles. The van der Waals surface area contributed by atoms with Gasteiger partial charge in [-0.25, -0.2) is 22.2 Å². The first-order chi connectivity index (χ1) is 12.5. The van der Waals surface area contributed by atoms with Gasteiger partial charge in [0.2, 0.25) is 12.3 Å². The minimum atomic E-state index is -2.58. The predicted molar refractivity (Wildman–Crippen MR) is 91.3 cm³/mol. The third kappa shape index (κ3) is 3.97. The highest BCUT2D eigenvalue weighted by Gasteiger charge is 2.56.